The van der Waals surface area contributed by atoms with E-state index in [1.165, 1.54) is 0 Å². The van der Waals surface area contributed by atoms with E-state index in [2.05, 4.69) is 0 Å². The van der Waals surface area contributed by atoms with Gasteiger partial charge in [-0.15, -0.1) is 0 Å². The number of aromatic hydroxyl groups is 1. The summed E-state index contributed by atoms with van der Waals surface area (Å²) in [5, 5.41) is 9.00. The van der Waals surface area contributed by atoms with Crippen LogP contribution >= 0.6 is 0 Å². The molecular formula is C10H12O2. The topological polar surface area (TPSA) is 29.5 Å². The summed E-state index contributed by atoms with van der Waals surface area (Å²) < 4.78 is 4.98. The first-order valence-electron chi connectivity index (χ1n) is 3.73. The van der Waals surface area contributed by atoms with E-state index in [0.717, 1.165) is 11.3 Å². The highest BCUT2D eigenvalue weighted by Crippen LogP contribution is 2.12. The van der Waals surface area contributed by atoms with Crippen LogP contribution < -0.4 is 0 Å². The molecule has 0 saturated heterocycles. The third-order valence-corrected chi connectivity index (χ3v) is 1.58. The molecule has 0 amide bonds. The van der Waals surface area contributed by atoms with Crippen LogP contribution in [0.5, 0.6) is 5.75 Å². The lowest BCUT2D eigenvalue weighted by Gasteiger charge is -1.98. The zero-order chi connectivity index (χ0) is 8.97. The summed E-state index contributed by atoms with van der Waals surface area (Å²) in [5.74, 6) is 1.13. The minimum atomic E-state index is 0.280. The normalized spacial score (nSPS) is 11.3. The van der Waals surface area contributed by atoms with E-state index in [1.807, 2.05) is 25.1 Å². The third-order valence-electron chi connectivity index (χ3n) is 1.58. The lowest BCUT2D eigenvalue weighted by atomic mass is 10.2. The molecule has 1 N–H and O–H groups in total. The summed E-state index contributed by atoms with van der Waals surface area (Å²) in [6.07, 6.45) is 1.90. The largest absolute Gasteiger partial charge is 0.508 e. The second-order valence-corrected chi connectivity index (χ2v) is 2.55. The minimum Gasteiger partial charge on any atom is -0.508 e. The molecule has 0 unspecified atom stereocenters. The van der Waals surface area contributed by atoms with Gasteiger partial charge in [-0.3, -0.25) is 0 Å². The molecule has 1 rings (SSSR count). The Morgan fingerprint density at radius 1 is 1.33 bits per heavy atom. The average Bonchev–Trinajstić information content (AvgIpc) is 2.09. The molecule has 64 valence electrons. The van der Waals surface area contributed by atoms with Crippen molar-refractivity contribution in [3.8, 4) is 5.75 Å². The lowest BCUT2D eigenvalue weighted by molar-refractivity contribution is 0.297. The lowest BCUT2D eigenvalue weighted by Crippen LogP contribution is -1.79. The van der Waals surface area contributed by atoms with Gasteiger partial charge in [0.25, 0.3) is 0 Å². The summed E-state index contributed by atoms with van der Waals surface area (Å²) in [4.78, 5) is 0. The van der Waals surface area contributed by atoms with E-state index < -0.39 is 0 Å². The Kier molecular flexibility index (Phi) is 2.75. The number of rotatable bonds is 2. The van der Waals surface area contributed by atoms with Crippen molar-refractivity contribution in [1.29, 1.82) is 0 Å². The van der Waals surface area contributed by atoms with Crippen LogP contribution in [0.4, 0.5) is 0 Å². The molecule has 0 aliphatic heterocycles. The third kappa shape index (κ3) is 2.31. The van der Waals surface area contributed by atoms with Crippen molar-refractivity contribution in [2.24, 2.45) is 0 Å². The fourth-order valence-electron chi connectivity index (χ4n) is 0.864. The van der Waals surface area contributed by atoms with Crippen LogP contribution in [0.1, 0.15) is 12.5 Å². The first-order valence-corrected chi connectivity index (χ1v) is 3.73. The first-order chi connectivity index (χ1) is 5.72. The van der Waals surface area contributed by atoms with Crippen LogP contribution in [0.15, 0.2) is 30.0 Å². The number of phenolic OH excluding ortho intramolecular Hbond substituents is 1. The Hall–Kier alpha value is -1.44. The minimum absolute atomic E-state index is 0.280. The predicted octanol–water partition coefficient (Wildman–Crippen LogP) is 2.40. The monoisotopic (exact) mass is 164 g/mol. The average molecular weight is 164 g/mol. The molecule has 2 nitrogen and oxygen atoms in total. The molecule has 0 aromatic heterocycles. The number of hydrogen-bond acceptors (Lipinski definition) is 2. The second-order valence-electron chi connectivity index (χ2n) is 2.55. The van der Waals surface area contributed by atoms with Crippen molar-refractivity contribution in [2.75, 3.05) is 7.11 Å². The Morgan fingerprint density at radius 3 is 2.42 bits per heavy atom. The maximum absolute atomic E-state index is 9.00. The number of ether oxygens (including phenoxy) is 1. The van der Waals surface area contributed by atoms with Gasteiger partial charge in [-0.05, 0) is 30.7 Å². The Bertz CT molecular complexity index is 272. The highest BCUT2D eigenvalue weighted by molar-refractivity contribution is 5.51. The highest BCUT2D eigenvalue weighted by atomic mass is 16.5. The number of benzene rings is 1. The Labute approximate surface area is 72.1 Å². The Morgan fingerprint density at radius 2 is 1.92 bits per heavy atom. The van der Waals surface area contributed by atoms with Gasteiger partial charge in [0.15, 0.2) is 0 Å². The van der Waals surface area contributed by atoms with E-state index >= 15 is 0 Å². The smallest absolute Gasteiger partial charge is 0.115 e. The molecule has 12 heavy (non-hydrogen) atoms. The van der Waals surface area contributed by atoms with E-state index in [-0.39, 0.29) is 5.75 Å². The van der Waals surface area contributed by atoms with Crippen LogP contribution in [-0.4, -0.2) is 12.2 Å². The Balaban J connectivity index is 2.84. The zero-order valence-corrected chi connectivity index (χ0v) is 7.24. The van der Waals surface area contributed by atoms with Gasteiger partial charge < -0.3 is 9.84 Å². The molecule has 0 aliphatic rings. The summed E-state index contributed by atoms with van der Waals surface area (Å²) in [5.41, 5.74) is 1.02. The molecule has 1 aromatic rings. The standard InChI is InChI=1S/C10H12O2/c1-8(12-2)7-9-3-5-10(11)6-4-9/h3-7,11H,1-2H3. The molecule has 0 aliphatic carbocycles. The molecule has 0 spiro atoms. The van der Waals surface area contributed by atoms with Crippen molar-refractivity contribution in [3.05, 3.63) is 35.6 Å². The number of methoxy groups -OCH3 is 1. The molecular weight excluding hydrogens is 152 g/mol. The van der Waals surface area contributed by atoms with Crippen LogP contribution in [0, 0.1) is 0 Å². The summed E-state index contributed by atoms with van der Waals surface area (Å²) >= 11 is 0. The van der Waals surface area contributed by atoms with E-state index in [1.54, 1.807) is 19.2 Å². The van der Waals surface area contributed by atoms with Crippen molar-refractivity contribution in [3.63, 3.8) is 0 Å². The summed E-state index contributed by atoms with van der Waals surface area (Å²) in [7, 11) is 1.63. The number of phenols is 1. The van der Waals surface area contributed by atoms with E-state index in [4.69, 9.17) is 9.84 Å². The zero-order valence-electron chi connectivity index (χ0n) is 7.24. The molecule has 0 heterocycles. The van der Waals surface area contributed by atoms with Crippen LogP contribution in [0.25, 0.3) is 6.08 Å². The van der Waals surface area contributed by atoms with Crippen LogP contribution in [0.3, 0.4) is 0 Å². The fourth-order valence-corrected chi connectivity index (χ4v) is 0.864. The van der Waals surface area contributed by atoms with Gasteiger partial charge in [0.1, 0.15) is 5.75 Å². The maximum Gasteiger partial charge on any atom is 0.115 e. The van der Waals surface area contributed by atoms with Gasteiger partial charge in [0, 0.05) is 0 Å². The van der Waals surface area contributed by atoms with Gasteiger partial charge >= 0.3 is 0 Å². The van der Waals surface area contributed by atoms with Gasteiger partial charge in [0.05, 0.1) is 12.9 Å². The first kappa shape index (κ1) is 8.65. The molecule has 0 saturated carbocycles. The molecule has 2 heteroatoms. The molecule has 0 atom stereocenters. The molecule has 0 fully saturated rings. The van der Waals surface area contributed by atoms with Crippen molar-refractivity contribution >= 4 is 6.08 Å². The fraction of sp³-hybridized carbons (Fsp3) is 0.200. The highest BCUT2D eigenvalue weighted by Gasteiger charge is 1.90. The quantitative estimate of drug-likeness (QED) is 0.680. The van der Waals surface area contributed by atoms with Gasteiger partial charge in [-0.1, -0.05) is 12.1 Å². The summed E-state index contributed by atoms with van der Waals surface area (Å²) in [6, 6.07) is 6.96. The predicted molar refractivity (Wildman–Crippen MR) is 48.8 cm³/mol. The van der Waals surface area contributed by atoms with E-state index in [0.29, 0.717) is 0 Å². The second kappa shape index (κ2) is 3.81. The van der Waals surface area contributed by atoms with Gasteiger partial charge in [0.2, 0.25) is 0 Å². The van der Waals surface area contributed by atoms with Crippen molar-refractivity contribution in [2.45, 2.75) is 6.92 Å². The SMILES string of the molecule is COC(C)=Cc1ccc(O)cc1. The summed E-state index contributed by atoms with van der Waals surface area (Å²) in [6.45, 7) is 1.88. The molecule has 0 bridgehead atoms. The molecule has 1 aromatic carbocycles. The number of hydrogen-bond donors (Lipinski definition) is 1. The van der Waals surface area contributed by atoms with Crippen LogP contribution in [0.2, 0.25) is 0 Å². The van der Waals surface area contributed by atoms with Gasteiger partial charge in [-0.2, -0.15) is 0 Å². The maximum atomic E-state index is 9.00. The van der Waals surface area contributed by atoms with Crippen LogP contribution in [-0.2, 0) is 4.74 Å². The van der Waals surface area contributed by atoms with Crippen molar-refractivity contribution < 1.29 is 9.84 Å². The number of allylic oxidation sites excluding steroid dienone is 1. The van der Waals surface area contributed by atoms with Gasteiger partial charge in [-0.25, -0.2) is 0 Å². The van der Waals surface area contributed by atoms with E-state index in [9.17, 15) is 0 Å². The van der Waals surface area contributed by atoms with Crippen molar-refractivity contribution in [1.82, 2.24) is 0 Å². The molecule has 0 radical (unpaired) electrons.